The van der Waals surface area contributed by atoms with Crippen LogP contribution in [0.4, 0.5) is 0 Å². The van der Waals surface area contributed by atoms with Crippen LogP contribution in [0.15, 0.2) is 11.6 Å². The van der Waals surface area contributed by atoms with E-state index in [0.717, 1.165) is 26.1 Å². The predicted molar refractivity (Wildman–Crippen MR) is 69.7 cm³/mol. The highest BCUT2D eigenvalue weighted by molar-refractivity contribution is 5.13. The van der Waals surface area contributed by atoms with Crippen LogP contribution in [0.3, 0.4) is 0 Å². The molecule has 1 heterocycles. The molecule has 2 aliphatic rings. The highest BCUT2D eigenvalue weighted by Gasteiger charge is 2.46. The molecule has 0 N–H and O–H groups in total. The second-order valence-corrected chi connectivity index (χ2v) is 5.98. The highest BCUT2D eigenvalue weighted by Crippen LogP contribution is 2.46. The monoisotopic (exact) mass is 238 g/mol. The van der Waals surface area contributed by atoms with Gasteiger partial charge < -0.3 is 9.47 Å². The summed E-state index contributed by atoms with van der Waals surface area (Å²) in [6.45, 7) is 10.8. The van der Waals surface area contributed by atoms with Gasteiger partial charge in [0.2, 0.25) is 0 Å². The molecule has 1 aliphatic heterocycles. The molecule has 2 rings (SSSR count). The van der Waals surface area contributed by atoms with E-state index in [4.69, 9.17) is 9.47 Å². The summed E-state index contributed by atoms with van der Waals surface area (Å²) < 4.78 is 11.9. The van der Waals surface area contributed by atoms with Gasteiger partial charge in [-0.15, -0.1) is 0 Å². The molecule has 0 radical (unpaired) electrons. The van der Waals surface area contributed by atoms with Crippen molar-refractivity contribution >= 4 is 0 Å². The van der Waals surface area contributed by atoms with Gasteiger partial charge in [-0.25, -0.2) is 0 Å². The van der Waals surface area contributed by atoms with E-state index < -0.39 is 0 Å². The van der Waals surface area contributed by atoms with Crippen molar-refractivity contribution in [2.24, 2.45) is 17.3 Å². The number of ether oxygens (including phenoxy) is 2. The lowest BCUT2D eigenvalue weighted by molar-refractivity contribution is -0.251. The Kier molecular flexibility index (Phi) is 3.94. The smallest absolute Gasteiger partial charge is 0.157 e. The van der Waals surface area contributed by atoms with Crippen molar-refractivity contribution in [2.45, 2.75) is 53.2 Å². The van der Waals surface area contributed by atoms with Gasteiger partial charge in [0.1, 0.15) is 0 Å². The predicted octanol–water partition coefficient (Wildman–Crippen LogP) is 3.77. The van der Waals surface area contributed by atoms with Crippen LogP contribution in [-0.2, 0) is 9.47 Å². The zero-order valence-electron chi connectivity index (χ0n) is 11.7. The summed E-state index contributed by atoms with van der Waals surface area (Å²) >= 11 is 0. The first kappa shape index (κ1) is 13.1. The maximum Gasteiger partial charge on any atom is 0.157 e. The molecule has 0 saturated carbocycles. The fourth-order valence-corrected chi connectivity index (χ4v) is 3.33. The van der Waals surface area contributed by atoms with Gasteiger partial charge >= 0.3 is 0 Å². The average molecular weight is 238 g/mol. The van der Waals surface area contributed by atoms with Crippen LogP contribution in [0.5, 0.6) is 0 Å². The Labute approximate surface area is 105 Å². The molecule has 2 atom stereocenters. The molecule has 2 nitrogen and oxygen atoms in total. The minimum atomic E-state index is 0.0389. The third kappa shape index (κ3) is 2.43. The van der Waals surface area contributed by atoms with Gasteiger partial charge in [-0.05, 0) is 31.6 Å². The van der Waals surface area contributed by atoms with Gasteiger partial charge in [0.25, 0.3) is 0 Å². The van der Waals surface area contributed by atoms with Crippen LogP contribution in [0.25, 0.3) is 0 Å². The number of hydrogen-bond donors (Lipinski definition) is 0. The first-order chi connectivity index (χ1) is 8.08. The Bertz CT molecular complexity index is 287. The van der Waals surface area contributed by atoms with Crippen LogP contribution >= 0.6 is 0 Å². The molecule has 0 aromatic rings. The van der Waals surface area contributed by atoms with Crippen molar-refractivity contribution in [3.8, 4) is 0 Å². The number of allylic oxidation sites excluding steroid dienone is 2. The molecule has 0 unspecified atom stereocenters. The van der Waals surface area contributed by atoms with Crippen molar-refractivity contribution in [1.82, 2.24) is 0 Å². The highest BCUT2D eigenvalue weighted by atomic mass is 16.7. The van der Waals surface area contributed by atoms with Crippen molar-refractivity contribution in [3.63, 3.8) is 0 Å². The average Bonchev–Trinajstić information content (AvgIpc) is 2.28. The van der Waals surface area contributed by atoms with E-state index in [1.54, 1.807) is 0 Å². The minimum absolute atomic E-state index is 0.0389. The fourth-order valence-electron chi connectivity index (χ4n) is 3.33. The van der Waals surface area contributed by atoms with Gasteiger partial charge in [0.15, 0.2) is 6.29 Å². The second-order valence-electron chi connectivity index (χ2n) is 5.98. The molecule has 0 amide bonds. The fraction of sp³-hybridized carbons (Fsp3) is 0.867. The zero-order valence-corrected chi connectivity index (χ0v) is 11.7. The van der Waals surface area contributed by atoms with Crippen molar-refractivity contribution in [3.05, 3.63) is 11.6 Å². The maximum atomic E-state index is 5.94. The van der Waals surface area contributed by atoms with Crippen molar-refractivity contribution in [1.29, 1.82) is 0 Å². The summed E-state index contributed by atoms with van der Waals surface area (Å²) in [5, 5.41) is 0. The summed E-state index contributed by atoms with van der Waals surface area (Å²) in [7, 11) is 0. The Balaban J connectivity index is 2.06. The normalized spacial score (nSPS) is 42.6. The molecule has 2 heteroatoms. The molecule has 1 aliphatic carbocycles. The number of hydrogen-bond acceptors (Lipinski definition) is 2. The van der Waals surface area contributed by atoms with Crippen LogP contribution in [0, 0.1) is 17.3 Å². The summed E-state index contributed by atoms with van der Waals surface area (Å²) in [6.07, 6.45) is 5.79. The molecule has 0 bridgehead atoms. The molecular weight excluding hydrogens is 212 g/mol. The summed E-state index contributed by atoms with van der Waals surface area (Å²) in [6, 6.07) is 0. The SMILES string of the molecule is CCCC1OCC2(CO1)[C@@H](C)C=C(C)C[C@@H]2C. The van der Waals surface area contributed by atoms with Crippen molar-refractivity contribution in [2.75, 3.05) is 13.2 Å². The molecular formula is C15H26O2. The van der Waals surface area contributed by atoms with Gasteiger partial charge in [0.05, 0.1) is 13.2 Å². The van der Waals surface area contributed by atoms with E-state index in [-0.39, 0.29) is 11.7 Å². The molecule has 1 spiro atoms. The quantitative estimate of drug-likeness (QED) is 0.682. The van der Waals surface area contributed by atoms with Crippen molar-refractivity contribution < 1.29 is 9.47 Å². The second kappa shape index (κ2) is 5.11. The third-order valence-electron chi connectivity index (χ3n) is 4.65. The topological polar surface area (TPSA) is 18.5 Å². The Morgan fingerprint density at radius 1 is 1.29 bits per heavy atom. The van der Waals surface area contributed by atoms with E-state index in [9.17, 15) is 0 Å². The first-order valence-corrected chi connectivity index (χ1v) is 6.99. The molecule has 1 fully saturated rings. The molecule has 17 heavy (non-hydrogen) atoms. The third-order valence-corrected chi connectivity index (χ3v) is 4.65. The van der Waals surface area contributed by atoms with E-state index >= 15 is 0 Å². The molecule has 98 valence electrons. The van der Waals surface area contributed by atoms with Gasteiger partial charge in [-0.2, -0.15) is 0 Å². The molecule has 0 aromatic carbocycles. The summed E-state index contributed by atoms with van der Waals surface area (Å²) in [5.41, 5.74) is 1.73. The van der Waals surface area contributed by atoms with Crippen LogP contribution in [0.2, 0.25) is 0 Å². The summed E-state index contributed by atoms with van der Waals surface area (Å²) in [5.74, 6) is 1.22. The Morgan fingerprint density at radius 2 is 1.94 bits per heavy atom. The van der Waals surface area contributed by atoms with Crippen LogP contribution < -0.4 is 0 Å². The van der Waals surface area contributed by atoms with E-state index in [0.29, 0.717) is 11.8 Å². The molecule has 0 aromatic heterocycles. The van der Waals surface area contributed by atoms with Gasteiger partial charge in [-0.1, -0.05) is 38.8 Å². The van der Waals surface area contributed by atoms with Crippen LogP contribution in [0.1, 0.15) is 47.0 Å². The maximum absolute atomic E-state index is 5.94. The standard InChI is InChI=1S/C15H26O2/c1-5-6-14-16-9-15(10-17-14)12(3)7-11(2)8-13(15)4/h7,12-14H,5-6,8-10H2,1-4H3/t12-,13-,14?,15?/m0/s1. The Morgan fingerprint density at radius 3 is 2.47 bits per heavy atom. The lowest BCUT2D eigenvalue weighted by atomic mass is 9.63. The van der Waals surface area contributed by atoms with E-state index in [1.807, 2.05) is 0 Å². The minimum Gasteiger partial charge on any atom is -0.352 e. The van der Waals surface area contributed by atoms with Gasteiger partial charge in [-0.3, -0.25) is 0 Å². The largest absolute Gasteiger partial charge is 0.352 e. The molecule has 1 saturated heterocycles. The van der Waals surface area contributed by atoms with Crippen LogP contribution in [-0.4, -0.2) is 19.5 Å². The first-order valence-electron chi connectivity index (χ1n) is 6.99. The summed E-state index contributed by atoms with van der Waals surface area (Å²) in [4.78, 5) is 0. The van der Waals surface area contributed by atoms with E-state index in [2.05, 4.69) is 33.8 Å². The Hall–Kier alpha value is -0.340. The van der Waals surface area contributed by atoms with E-state index in [1.165, 1.54) is 12.0 Å². The number of rotatable bonds is 2. The van der Waals surface area contributed by atoms with Gasteiger partial charge in [0, 0.05) is 5.41 Å². The lowest BCUT2D eigenvalue weighted by Crippen LogP contribution is -2.50. The lowest BCUT2D eigenvalue weighted by Gasteiger charge is -2.49. The zero-order chi connectivity index (χ0) is 12.5.